The molecule has 1 heterocycles. The molecule has 0 atom stereocenters. The maximum Gasteiger partial charge on any atom is 0.169 e. The first-order chi connectivity index (χ1) is 8.74. The van der Waals surface area contributed by atoms with Crippen molar-refractivity contribution in [1.82, 2.24) is 15.1 Å². The number of nitrogens with one attached hydrogen (secondary N) is 1. The van der Waals surface area contributed by atoms with Gasteiger partial charge in [0, 0.05) is 32.7 Å². The fourth-order valence-electron chi connectivity index (χ4n) is 2.22. The maximum atomic E-state index is 5.43. The number of hydrogen-bond acceptors (Lipinski definition) is 2. The summed E-state index contributed by atoms with van der Waals surface area (Å²) in [5, 5.41) is 4.35. The van der Waals surface area contributed by atoms with Crippen LogP contribution in [0.3, 0.4) is 0 Å². The monoisotopic (exact) mass is 271 g/mol. The molecule has 0 saturated carbocycles. The Balaban J connectivity index is 1.96. The zero-order valence-electron chi connectivity index (χ0n) is 12.1. The van der Waals surface area contributed by atoms with E-state index < -0.39 is 0 Å². The summed E-state index contributed by atoms with van der Waals surface area (Å²) in [4.78, 5) is 4.65. The standard InChI is InChI=1S/C14H29N3S/c1-3-4-5-6-7-8-9-15-14(18)17-12-10-16(2)11-13-17/h3-13H2,1-2H3,(H,15,18). The van der Waals surface area contributed by atoms with Crippen LogP contribution in [0.25, 0.3) is 0 Å². The van der Waals surface area contributed by atoms with Crippen molar-refractivity contribution < 1.29 is 0 Å². The van der Waals surface area contributed by atoms with Gasteiger partial charge in [-0.25, -0.2) is 0 Å². The number of thiocarbonyl (C=S) groups is 1. The van der Waals surface area contributed by atoms with Crippen molar-refractivity contribution in [2.75, 3.05) is 39.8 Å². The lowest BCUT2D eigenvalue weighted by Gasteiger charge is -2.34. The molecule has 0 spiro atoms. The number of nitrogens with zero attached hydrogens (tertiary/aromatic N) is 2. The first-order valence-corrected chi connectivity index (χ1v) is 7.86. The van der Waals surface area contributed by atoms with Crippen LogP contribution in [0.5, 0.6) is 0 Å². The Bertz CT molecular complexity index is 225. The van der Waals surface area contributed by atoms with Crippen LogP contribution >= 0.6 is 12.2 Å². The summed E-state index contributed by atoms with van der Waals surface area (Å²) in [6.45, 7) is 7.68. The van der Waals surface area contributed by atoms with E-state index in [-0.39, 0.29) is 0 Å². The largest absolute Gasteiger partial charge is 0.363 e. The molecule has 3 nitrogen and oxygen atoms in total. The van der Waals surface area contributed by atoms with E-state index in [1.807, 2.05) is 0 Å². The lowest BCUT2D eigenvalue weighted by molar-refractivity contribution is 0.214. The quantitative estimate of drug-likeness (QED) is 0.566. The zero-order chi connectivity index (χ0) is 13.2. The van der Waals surface area contributed by atoms with Gasteiger partial charge in [-0.3, -0.25) is 0 Å². The van der Waals surface area contributed by atoms with Gasteiger partial charge in [0.1, 0.15) is 0 Å². The Hall–Kier alpha value is -0.350. The number of piperazine rings is 1. The molecule has 1 fully saturated rings. The second-order valence-electron chi connectivity index (χ2n) is 5.29. The van der Waals surface area contributed by atoms with Gasteiger partial charge in [0.25, 0.3) is 0 Å². The molecule has 1 aliphatic heterocycles. The fraction of sp³-hybridized carbons (Fsp3) is 0.929. The molecular weight excluding hydrogens is 242 g/mol. The molecule has 0 radical (unpaired) electrons. The highest BCUT2D eigenvalue weighted by atomic mass is 32.1. The summed E-state index contributed by atoms with van der Waals surface area (Å²) in [6, 6.07) is 0. The molecule has 4 heteroatoms. The Labute approximate surface area is 118 Å². The first kappa shape index (κ1) is 15.7. The molecule has 1 aliphatic rings. The highest BCUT2D eigenvalue weighted by molar-refractivity contribution is 7.80. The minimum absolute atomic E-state index is 0.955. The summed E-state index contributed by atoms with van der Waals surface area (Å²) in [7, 11) is 2.17. The summed E-state index contributed by atoms with van der Waals surface area (Å²) in [5.74, 6) is 0. The van der Waals surface area contributed by atoms with Gasteiger partial charge >= 0.3 is 0 Å². The van der Waals surface area contributed by atoms with Gasteiger partial charge in [0.2, 0.25) is 0 Å². The molecule has 1 rings (SSSR count). The molecule has 0 bridgehead atoms. The SMILES string of the molecule is CCCCCCCCNC(=S)N1CCN(C)CC1. The van der Waals surface area contributed by atoms with E-state index in [1.54, 1.807) is 0 Å². The van der Waals surface area contributed by atoms with Crippen LogP contribution in [0.2, 0.25) is 0 Å². The molecule has 1 saturated heterocycles. The van der Waals surface area contributed by atoms with Gasteiger partial charge in [-0.05, 0) is 25.7 Å². The Morgan fingerprint density at radius 1 is 1.00 bits per heavy atom. The molecule has 0 amide bonds. The second-order valence-corrected chi connectivity index (χ2v) is 5.68. The molecule has 0 aromatic carbocycles. The van der Waals surface area contributed by atoms with Crippen LogP contribution in [-0.4, -0.2) is 54.7 Å². The molecule has 1 N–H and O–H groups in total. The highest BCUT2D eigenvalue weighted by Crippen LogP contribution is 2.04. The van der Waals surface area contributed by atoms with E-state index in [2.05, 4.69) is 29.1 Å². The van der Waals surface area contributed by atoms with Crippen molar-refractivity contribution in [2.45, 2.75) is 45.4 Å². The minimum Gasteiger partial charge on any atom is -0.363 e. The first-order valence-electron chi connectivity index (χ1n) is 7.45. The number of likely N-dealkylation sites (N-methyl/N-ethyl adjacent to an activating group) is 1. The van der Waals surface area contributed by atoms with Crippen molar-refractivity contribution in [2.24, 2.45) is 0 Å². The van der Waals surface area contributed by atoms with Crippen LogP contribution in [0, 0.1) is 0 Å². The van der Waals surface area contributed by atoms with Gasteiger partial charge in [0.05, 0.1) is 0 Å². The molecular formula is C14H29N3S. The summed E-state index contributed by atoms with van der Waals surface area (Å²) in [5.41, 5.74) is 0. The summed E-state index contributed by atoms with van der Waals surface area (Å²) < 4.78 is 0. The topological polar surface area (TPSA) is 18.5 Å². The normalized spacial score (nSPS) is 16.9. The summed E-state index contributed by atoms with van der Waals surface area (Å²) >= 11 is 5.43. The van der Waals surface area contributed by atoms with E-state index in [4.69, 9.17) is 12.2 Å². The average Bonchev–Trinajstić information content (AvgIpc) is 2.38. The lowest BCUT2D eigenvalue weighted by atomic mass is 10.1. The van der Waals surface area contributed by atoms with Gasteiger partial charge in [0.15, 0.2) is 5.11 Å². The predicted octanol–water partition coefficient (Wildman–Crippen LogP) is 2.47. The Kier molecular flexibility index (Phi) is 8.34. The van der Waals surface area contributed by atoms with Gasteiger partial charge in [-0.15, -0.1) is 0 Å². The highest BCUT2D eigenvalue weighted by Gasteiger charge is 2.15. The van der Waals surface area contributed by atoms with Crippen molar-refractivity contribution in [3.05, 3.63) is 0 Å². The van der Waals surface area contributed by atoms with Crippen molar-refractivity contribution in [3.8, 4) is 0 Å². The van der Waals surface area contributed by atoms with Crippen molar-refractivity contribution >= 4 is 17.3 Å². The second kappa shape index (κ2) is 9.56. The fourth-order valence-corrected chi connectivity index (χ4v) is 2.51. The van der Waals surface area contributed by atoms with Crippen LogP contribution in [0.4, 0.5) is 0 Å². The number of hydrogen-bond donors (Lipinski definition) is 1. The van der Waals surface area contributed by atoms with Gasteiger partial charge in [-0.2, -0.15) is 0 Å². The smallest absolute Gasteiger partial charge is 0.169 e. The van der Waals surface area contributed by atoms with E-state index in [0.29, 0.717) is 0 Å². The lowest BCUT2D eigenvalue weighted by Crippen LogP contribution is -2.50. The number of unbranched alkanes of at least 4 members (excludes halogenated alkanes) is 5. The molecule has 0 aromatic heterocycles. The van der Waals surface area contributed by atoms with Crippen molar-refractivity contribution in [3.63, 3.8) is 0 Å². The summed E-state index contributed by atoms with van der Waals surface area (Å²) in [6.07, 6.45) is 8.05. The average molecular weight is 271 g/mol. The van der Waals surface area contributed by atoms with Crippen LogP contribution in [0.1, 0.15) is 45.4 Å². The van der Waals surface area contributed by atoms with E-state index in [9.17, 15) is 0 Å². The van der Waals surface area contributed by atoms with E-state index in [1.165, 1.54) is 38.5 Å². The Morgan fingerprint density at radius 3 is 2.28 bits per heavy atom. The third-order valence-electron chi connectivity index (χ3n) is 3.60. The van der Waals surface area contributed by atoms with Crippen LogP contribution < -0.4 is 5.32 Å². The molecule has 0 unspecified atom stereocenters. The van der Waals surface area contributed by atoms with Gasteiger partial charge in [-0.1, -0.05) is 39.0 Å². The minimum atomic E-state index is 0.955. The van der Waals surface area contributed by atoms with Crippen molar-refractivity contribution in [1.29, 1.82) is 0 Å². The zero-order valence-corrected chi connectivity index (χ0v) is 12.9. The molecule has 106 valence electrons. The maximum absolute atomic E-state index is 5.43. The van der Waals surface area contributed by atoms with Crippen LogP contribution in [0.15, 0.2) is 0 Å². The predicted molar refractivity (Wildman–Crippen MR) is 83.0 cm³/mol. The molecule has 18 heavy (non-hydrogen) atoms. The number of rotatable bonds is 7. The third kappa shape index (κ3) is 6.55. The van der Waals surface area contributed by atoms with E-state index >= 15 is 0 Å². The van der Waals surface area contributed by atoms with Gasteiger partial charge < -0.3 is 15.1 Å². The van der Waals surface area contributed by atoms with E-state index in [0.717, 1.165) is 37.8 Å². The van der Waals surface area contributed by atoms with Crippen LogP contribution in [-0.2, 0) is 0 Å². The molecule has 0 aliphatic carbocycles. The molecule has 0 aromatic rings. The Morgan fingerprint density at radius 2 is 1.61 bits per heavy atom. The third-order valence-corrected chi connectivity index (χ3v) is 4.00.